The highest BCUT2D eigenvalue weighted by Crippen LogP contribution is 2.08. The number of nitrogens with zero attached hydrogens (tertiary/aromatic N) is 3. The van der Waals surface area contributed by atoms with Crippen molar-refractivity contribution in [3.8, 4) is 5.69 Å². The average Bonchev–Trinajstić information content (AvgIpc) is 2.93. The maximum atomic E-state index is 11.4. The van der Waals surface area contributed by atoms with Gasteiger partial charge in [0.25, 0.3) is 0 Å². The molecule has 0 unspecified atom stereocenters. The Bertz CT molecular complexity index is 517. The first-order chi connectivity index (χ1) is 9.16. The van der Waals surface area contributed by atoms with Crippen molar-refractivity contribution in [2.45, 2.75) is 6.54 Å². The van der Waals surface area contributed by atoms with Gasteiger partial charge in [0.15, 0.2) is 0 Å². The fraction of sp³-hybridized carbons (Fsp3) is 0.286. The molecule has 1 heterocycles. The molecule has 0 fully saturated rings. The maximum Gasteiger partial charge on any atom is 0.236 e. The average molecular weight is 258 g/mol. The molecule has 1 aromatic carbocycles. The highest BCUT2D eigenvalue weighted by molar-refractivity contribution is 5.77. The van der Waals surface area contributed by atoms with Crippen LogP contribution in [0.4, 0.5) is 0 Å². The van der Waals surface area contributed by atoms with Crippen LogP contribution in [0.3, 0.4) is 0 Å². The van der Waals surface area contributed by atoms with Gasteiger partial charge in [-0.1, -0.05) is 12.1 Å². The molecule has 0 saturated carbocycles. The Morgan fingerprint density at radius 1 is 1.32 bits per heavy atom. The summed E-state index contributed by atoms with van der Waals surface area (Å²) in [6.45, 7) is 1.04. The van der Waals surface area contributed by atoms with Crippen LogP contribution in [0.5, 0.6) is 0 Å². The first-order valence-electron chi connectivity index (χ1n) is 6.15. The SMILES string of the molecule is CN(C)C(=O)CNCc1ccc(-n2ccnc2)cc1. The molecule has 0 aliphatic heterocycles. The third-order valence-electron chi connectivity index (χ3n) is 2.84. The van der Waals surface area contributed by atoms with Crippen LogP contribution in [0, 0.1) is 0 Å². The molecule has 0 radical (unpaired) electrons. The fourth-order valence-corrected chi connectivity index (χ4v) is 1.67. The van der Waals surface area contributed by atoms with Gasteiger partial charge in [0.2, 0.25) is 5.91 Å². The van der Waals surface area contributed by atoms with Gasteiger partial charge in [0.05, 0.1) is 12.9 Å². The molecule has 0 saturated heterocycles. The monoisotopic (exact) mass is 258 g/mol. The molecule has 1 N–H and O–H groups in total. The zero-order valence-corrected chi connectivity index (χ0v) is 11.2. The molecule has 0 aliphatic rings. The molecule has 0 aliphatic carbocycles. The topological polar surface area (TPSA) is 50.2 Å². The number of benzene rings is 1. The first-order valence-corrected chi connectivity index (χ1v) is 6.15. The van der Waals surface area contributed by atoms with Gasteiger partial charge in [-0.25, -0.2) is 4.98 Å². The summed E-state index contributed by atoms with van der Waals surface area (Å²) in [5, 5.41) is 3.13. The van der Waals surface area contributed by atoms with Crippen molar-refractivity contribution in [3.05, 3.63) is 48.5 Å². The van der Waals surface area contributed by atoms with Gasteiger partial charge in [-0.2, -0.15) is 0 Å². The van der Waals surface area contributed by atoms with Gasteiger partial charge in [-0.3, -0.25) is 4.79 Å². The Morgan fingerprint density at radius 2 is 2.05 bits per heavy atom. The summed E-state index contributed by atoms with van der Waals surface area (Å²) in [4.78, 5) is 17.0. The predicted molar refractivity (Wildman–Crippen MR) is 74.0 cm³/mol. The molecule has 5 heteroatoms. The van der Waals surface area contributed by atoms with E-state index in [1.165, 1.54) is 0 Å². The van der Waals surface area contributed by atoms with Gasteiger partial charge in [0.1, 0.15) is 0 Å². The minimum atomic E-state index is 0.0787. The van der Waals surface area contributed by atoms with Crippen molar-refractivity contribution in [1.82, 2.24) is 19.8 Å². The first kappa shape index (κ1) is 13.3. The fourth-order valence-electron chi connectivity index (χ4n) is 1.67. The molecule has 0 atom stereocenters. The van der Waals surface area contributed by atoms with Gasteiger partial charge in [-0.15, -0.1) is 0 Å². The van der Waals surface area contributed by atoms with E-state index in [1.54, 1.807) is 31.5 Å². The third-order valence-corrected chi connectivity index (χ3v) is 2.84. The third kappa shape index (κ3) is 3.66. The van der Waals surface area contributed by atoms with Crippen molar-refractivity contribution in [3.63, 3.8) is 0 Å². The normalized spacial score (nSPS) is 10.4. The van der Waals surface area contributed by atoms with Crippen LogP contribution in [0.15, 0.2) is 43.0 Å². The van der Waals surface area contributed by atoms with E-state index in [2.05, 4.69) is 10.3 Å². The second-order valence-electron chi connectivity index (χ2n) is 4.53. The summed E-state index contributed by atoms with van der Waals surface area (Å²) in [5.74, 6) is 0.0787. The molecule has 5 nitrogen and oxygen atoms in total. The van der Waals surface area contributed by atoms with Crippen LogP contribution in [0.25, 0.3) is 5.69 Å². The molecule has 0 bridgehead atoms. The summed E-state index contributed by atoms with van der Waals surface area (Å²) < 4.78 is 1.95. The maximum absolute atomic E-state index is 11.4. The van der Waals surface area contributed by atoms with Gasteiger partial charge >= 0.3 is 0 Å². The van der Waals surface area contributed by atoms with Crippen LogP contribution >= 0.6 is 0 Å². The Morgan fingerprint density at radius 3 is 2.63 bits per heavy atom. The molecular formula is C14H18N4O. The van der Waals surface area contributed by atoms with Crippen molar-refractivity contribution in [2.75, 3.05) is 20.6 Å². The summed E-state index contributed by atoms with van der Waals surface area (Å²) in [7, 11) is 3.51. The van der Waals surface area contributed by atoms with E-state index >= 15 is 0 Å². The van der Waals surface area contributed by atoms with Crippen molar-refractivity contribution >= 4 is 5.91 Å². The Labute approximate surface area is 112 Å². The number of amides is 1. The van der Waals surface area contributed by atoms with Crippen molar-refractivity contribution in [2.24, 2.45) is 0 Å². The van der Waals surface area contributed by atoms with Crippen molar-refractivity contribution in [1.29, 1.82) is 0 Å². The second kappa shape index (κ2) is 6.15. The second-order valence-corrected chi connectivity index (χ2v) is 4.53. The summed E-state index contributed by atoms with van der Waals surface area (Å²) in [6.07, 6.45) is 5.42. The number of carbonyl (C=O) groups is 1. The van der Waals surface area contributed by atoms with Crippen LogP contribution in [-0.2, 0) is 11.3 Å². The highest BCUT2D eigenvalue weighted by Gasteiger charge is 2.02. The van der Waals surface area contributed by atoms with E-state index in [-0.39, 0.29) is 5.91 Å². The molecule has 1 aromatic heterocycles. The van der Waals surface area contributed by atoms with Crippen LogP contribution < -0.4 is 5.32 Å². The van der Waals surface area contributed by atoms with E-state index in [1.807, 2.05) is 35.0 Å². The number of likely N-dealkylation sites (N-methyl/N-ethyl adjacent to an activating group) is 1. The molecule has 100 valence electrons. The van der Waals surface area contributed by atoms with Crippen LogP contribution in [-0.4, -0.2) is 41.0 Å². The summed E-state index contributed by atoms with van der Waals surface area (Å²) in [6, 6.07) is 8.16. The van der Waals surface area contributed by atoms with E-state index in [9.17, 15) is 4.79 Å². The van der Waals surface area contributed by atoms with Crippen LogP contribution in [0.1, 0.15) is 5.56 Å². The number of nitrogens with one attached hydrogen (secondary N) is 1. The predicted octanol–water partition coefficient (Wildman–Crippen LogP) is 1.05. The number of imidazole rings is 1. The van der Waals surface area contributed by atoms with Crippen LogP contribution in [0.2, 0.25) is 0 Å². The van der Waals surface area contributed by atoms with E-state index in [0.717, 1.165) is 11.3 Å². The van der Waals surface area contributed by atoms with E-state index in [0.29, 0.717) is 13.1 Å². The molecule has 19 heavy (non-hydrogen) atoms. The number of hydrogen-bond acceptors (Lipinski definition) is 3. The lowest BCUT2D eigenvalue weighted by molar-refractivity contribution is -0.127. The number of hydrogen-bond donors (Lipinski definition) is 1. The van der Waals surface area contributed by atoms with E-state index in [4.69, 9.17) is 0 Å². The smallest absolute Gasteiger partial charge is 0.236 e. The molecule has 0 spiro atoms. The number of rotatable bonds is 5. The lowest BCUT2D eigenvalue weighted by Gasteiger charge is -2.11. The molecule has 2 aromatic rings. The largest absolute Gasteiger partial charge is 0.348 e. The summed E-state index contributed by atoms with van der Waals surface area (Å²) >= 11 is 0. The number of aromatic nitrogens is 2. The zero-order chi connectivity index (χ0) is 13.7. The van der Waals surface area contributed by atoms with Gasteiger partial charge in [-0.05, 0) is 17.7 Å². The Balaban J connectivity index is 1.87. The Hall–Kier alpha value is -2.14. The zero-order valence-electron chi connectivity index (χ0n) is 11.2. The minimum absolute atomic E-state index is 0.0787. The lowest BCUT2D eigenvalue weighted by Crippen LogP contribution is -2.32. The highest BCUT2D eigenvalue weighted by atomic mass is 16.2. The Kier molecular flexibility index (Phi) is 4.30. The summed E-state index contributed by atoms with van der Waals surface area (Å²) in [5.41, 5.74) is 2.22. The molecule has 2 rings (SSSR count). The quantitative estimate of drug-likeness (QED) is 0.872. The van der Waals surface area contributed by atoms with Gasteiger partial charge < -0.3 is 14.8 Å². The number of carbonyl (C=O) groups excluding carboxylic acids is 1. The van der Waals surface area contributed by atoms with Crippen molar-refractivity contribution < 1.29 is 4.79 Å². The molecule has 1 amide bonds. The lowest BCUT2D eigenvalue weighted by atomic mass is 10.2. The van der Waals surface area contributed by atoms with Gasteiger partial charge in [0, 0.05) is 38.7 Å². The minimum Gasteiger partial charge on any atom is -0.348 e. The molecular weight excluding hydrogens is 240 g/mol. The van der Waals surface area contributed by atoms with E-state index < -0.39 is 0 Å². The standard InChI is InChI=1S/C14H18N4O/c1-17(2)14(19)10-16-9-12-3-5-13(6-4-12)18-8-7-15-11-18/h3-8,11,16H,9-10H2,1-2H3.